The lowest BCUT2D eigenvalue weighted by Crippen LogP contribution is -2.03. The van der Waals surface area contributed by atoms with Crippen LogP contribution in [0.15, 0.2) is 42.5 Å². The van der Waals surface area contributed by atoms with E-state index in [0.29, 0.717) is 12.0 Å². The highest BCUT2D eigenvalue weighted by Gasteiger charge is 2.15. The smallest absolute Gasteiger partial charge is 0.122 e. The van der Waals surface area contributed by atoms with Crippen molar-refractivity contribution in [1.82, 2.24) is 0 Å². The predicted molar refractivity (Wildman–Crippen MR) is 82.8 cm³/mol. The summed E-state index contributed by atoms with van der Waals surface area (Å²) in [6, 6.07) is 17.0. The van der Waals surface area contributed by atoms with Gasteiger partial charge in [-0.1, -0.05) is 12.1 Å². The largest absolute Gasteiger partial charge is 0.497 e. The first-order chi connectivity index (χ1) is 10.7. The summed E-state index contributed by atoms with van der Waals surface area (Å²) in [6.45, 7) is 0. The quantitative estimate of drug-likeness (QED) is 0.846. The summed E-state index contributed by atoms with van der Waals surface area (Å²) < 4.78 is 10.6. The maximum atomic E-state index is 9.47. The van der Waals surface area contributed by atoms with E-state index in [9.17, 15) is 5.26 Å². The fraction of sp³-hybridized carbons (Fsp3) is 0.222. The first kappa shape index (κ1) is 15.4. The molecule has 1 unspecified atom stereocenters. The Hall–Kier alpha value is -2.98. The normalized spacial score (nSPS) is 11.1. The molecule has 2 aromatic carbocycles. The summed E-state index contributed by atoms with van der Waals surface area (Å²) >= 11 is 0. The van der Waals surface area contributed by atoms with E-state index in [2.05, 4.69) is 12.1 Å². The summed E-state index contributed by atoms with van der Waals surface area (Å²) in [6.07, 6.45) is 0.517. The number of rotatable bonds is 5. The Bertz CT molecular complexity index is 724. The van der Waals surface area contributed by atoms with E-state index < -0.39 is 0 Å². The molecule has 0 radical (unpaired) electrons. The Morgan fingerprint density at radius 3 is 2.27 bits per heavy atom. The monoisotopic (exact) mass is 292 g/mol. The van der Waals surface area contributed by atoms with Gasteiger partial charge in [-0.15, -0.1) is 0 Å². The van der Waals surface area contributed by atoms with Gasteiger partial charge in [0, 0.05) is 0 Å². The van der Waals surface area contributed by atoms with Crippen LogP contribution in [0.3, 0.4) is 0 Å². The van der Waals surface area contributed by atoms with Gasteiger partial charge in [0.05, 0.1) is 37.8 Å². The van der Waals surface area contributed by atoms with Gasteiger partial charge < -0.3 is 9.47 Å². The van der Waals surface area contributed by atoms with Crippen LogP contribution in [0.2, 0.25) is 0 Å². The number of methoxy groups -OCH3 is 2. The lowest BCUT2D eigenvalue weighted by molar-refractivity contribution is 0.398. The molecule has 0 spiro atoms. The van der Waals surface area contributed by atoms with E-state index in [0.717, 1.165) is 22.6 Å². The van der Waals surface area contributed by atoms with E-state index in [4.69, 9.17) is 14.7 Å². The molecule has 0 aromatic heterocycles. The van der Waals surface area contributed by atoms with Crippen molar-refractivity contribution in [3.05, 3.63) is 59.2 Å². The predicted octanol–water partition coefficient (Wildman–Crippen LogP) is 3.43. The van der Waals surface area contributed by atoms with Gasteiger partial charge in [-0.05, 0) is 47.9 Å². The minimum atomic E-state index is -0.311. The molecule has 0 aliphatic heterocycles. The molecule has 2 aromatic rings. The molecule has 4 nitrogen and oxygen atoms in total. The summed E-state index contributed by atoms with van der Waals surface area (Å²) in [5.41, 5.74) is 2.38. The van der Waals surface area contributed by atoms with Crippen LogP contribution in [0.4, 0.5) is 0 Å². The van der Waals surface area contributed by atoms with Crippen LogP contribution in [0.5, 0.6) is 11.5 Å². The molecule has 0 fully saturated rings. The van der Waals surface area contributed by atoms with E-state index in [1.807, 2.05) is 30.3 Å². The zero-order valence-electron chi connectivity index (χ0n) is 12.5. The molecular formula is C18H16N2O2. The zero-order valence-corrected chi connectivity index (χ0v) is 12.5. The van der Waals surface area contributed by atoms with Crippen LogP contribution in [-0.2, 0) is 6.42 Å². The van der Waals surface area contributed by atoms with Crippen LogP contribution >= 0.6 is 0 Å². The molecule has 0 saturated carbocycles. The minimum Gasteiger partial charge on any atom is -0.497 e. The van der Waals surface area contributed by atoms with E-state index >= 15 is 0 Å². The van der Waals surface area contributed by atoms with Gasteiger partial charge in [-0.25, -0.2) is 0 Å². The van der Waals surface area contributed by atoms with Crippen molar-refractivity contribution in [2.75, 3.05) is 14.2 Å². The van der Waals surface area contributed by atoms with Crippen LogP contribution < -0.4 is 9.47 Å². The van der Waals surface area contributed by atoms with E-state index in [1.54, 1.807) is 26.4 Å². The molecule has 0 aliphatic rings. The highest BCUT2D eigenvalue weighted by atomic mass is 16.5. The summed E-state index contributed by atoms with van der Waals surface area (Å²) in [4.78, 5) is 0. The molecule has 0 amide bonds. The van der Waals surface area contributed by atoms with Crippen molar-refractivity contribution in [2.24, 2.45) is 0 Å². The standard InChI is InChI=1S/C18H16N2O2/c1-21-17-7-8-18(22-2)15(10-17)9-16(12-20)14-5-3-13(11-19)4-6-14/h3-8,10,16H,9H2,1-2H3. The fourth-order valence-electron chi connectivity index (χ4n) is 2.29. The number of ether oxygens (including phenoxy) is 2. The molecule has 0 saturated heterocycles. The van der Waals surface area contributed by atoms with Gasteiger partial charge in [-0.3, -0.25) is 0 Å². The van der Waals surface area contributed by atoms with Gasteiger partial charge in [-0.2, -0.15) is 10.5 Å². The van der Waals surface area contributed by atoms with Crippen molar-refractivity contribution in [2.45, 2.75) is 12.3 Å². The number of benzene rings is 2. The zero-order chi connectivity index (χ0) is 15.9. The average Bonchev–Trinajstić information content (AvgIpc) is 2.59. The first-order valence-corrected chi connectivity index (χ1v) is 6.82. The maximum absolute atomic E-state index is 9.47. The Morgan fingerprint density at radius 1 is 1.00 bits per heavy atom. The van der Waals surface area contributed by atoms with E-state index in [-0.39, 0.29) is 5.92 Å². The molecular weight excluding hydrogens is 276 g/mol. The second kappa shape index (κ2) is 7.15. The lowest BCUT2D eigenvalue weighted by atomic mass is 9.92. The van der Waals surface area contributed by atoms with Crippen LogP contribution in [0.25, 0.3) is 0 Å². The molecule has 22 heavy (non-hydrogen) atoms. The van der Waals surface area contributed by atoms with Gasteiger partial charge in [0.1, 0.15) is 11.5 Å². The third-order valence-electron chi connectivity index (χ3n) is 3.51. The lowest BCUT2D eigenvalue weighted by Gasteiger charge is -2.14. The second-order valence-corrected chi connectivity index (χ2v) is 4.80. The number of hydrogen-bond acceptors (Lipinski definition) is 4. The van der Waals surface area contributed by atoms with Crippen molar-refractivity contribution in [3.63, 3.8) is 0 Å². The summed E-state index contributed by atoms with van der Waals surface area (Å²) in [5.74, 6) is 1.15. The van der Waals surface area contributed by atoms with Crippen molar-refractivity contribution in [1.29, 1.82) is 10.5 Å². The van der Waals surface area contributed by atoms with Crippen molar-refractivity contribution < 1.29 is 9.47 Å². The van der Waals surface area contributed by atoms with Crippen LogP contribution in [0, 0.1) is 22.7 Å². The van der Waals surface area contributed by atoms with Crippen LogP contribution in [-0.4, -0.2) is 14.2 Å². The SMILES string of the molecule is COc1ccc(OC)c(CC(C#N)c2ccc(C#N)cc2)c1. The van der Waals surface area contributed by atoms with Gasteiger partial charge in [0.2, 0.25) is 0 Å². The third kappa shape index (κ3) is 3.37. The van der Waals surface area contributed by atoms with Gasteiger partial charge in [0.15, 0.2) is 0 Å². The molecule has 0 heterocycles. The first-order valence-electron chi connectivity index (χ1n) is 6.82. The van der Waals surface area contributed by atoms with E-state index in [1.165, 1.54) is 0 Å². The highest BCUT2D eigenvalue weighted by Crippen LogP contribution is 2.29. The Kier molecular flexibility index (Phi) is 5.01. The average molecular weight is 292 g/mol. The molecule has 110 valence electrons. The number of hydrogen-bond donors (Lipinski definition) is 0. The topological polar surface area (TPSA) is 66.0 Å². The second-order valence-electron chi connectivity index (χ2n) is 4.80. The molecule has 0 N–H and O–H groups in total. The molecule has 0 aliphatic carbocycles. The fourth-order valence-corrected chi connectivity index (χ4v) is 2.29. The van der Waals surface area contributed by atoms with Gasteiger partial charge >= 0.3 is 0 Å². The Morgan fingerprint density at radius 2 is 1.73 bits per heavy atom. The molecule has 4 heteroatoms. The molecule has 1 atom stereocenters. The summed E-state index contributed by atoms with van der Waals surface area (Å²) in [7, 11) is 3.21. The number of nitrogens with zero attached hydrogens (tertiary/aromatic N) is 2. The maximum Gasteiger partial charge on any atom is 0.122 e. The van der Waals surface area contributed by atoms with Crippen LogP contribution in [0.1, 0.15) is 22.6 Å². The van der Waals surface area contributed by atoms with Crippen molar-refractivity contribution >= 4 is 0 Å². The third-order valence-corrected chi connectivity index (χ3v) is 3.51. The molecule has 2 rings (SSSR count). The number of nitriles is 2. The Balaban J connectivity index is 2.30. The molecule has 0 bridgehead atoms. The highest BCUT2D eigenvalue weighted by molar-refractivity contribution is 5.43. The Labute approximate surface area is 130 Å². The van der Waals surface area contributed by atoms with Crippen molar-refractivity contribution in [3.8, 4) is 23.6 Å². The van der Waals surface area contributed by atoms with Gasteiger partial charge in [0.25, 0.3) is 0 Å². The summed E-state index contributed by atoms with van der Waals surface area (Å²) in [5, 5.41) is 18.3. The minimum absolute atomic E-state index is 0.311.